The number of hydrogen-bond acceptors (Lipinski definition) is 5. The molecule has 0 aliphatic heterocycles. The summed E-state index contributed by atoms with van der Waals surface area (Å²) >= 11 is 0. The molecule has 0 saturated heterocycles. The van der Waals surface area contributed by atoms with Gasteiger partial charge in [-0.3, -0.25) is 4.79 Å². The number of carbonyl (C=O) groups excluding carboxylic acids is 1. The lowest BCUT2D eigenvalue weighted by Crippen LogP contribution is -2.35. The highest BCUT2D eigenvalue weighted by Crippen LogP contribution is 2.29. The van der Waals surface area contributed by atoms with Gasteiger partial charge in [-0.2, -0.15) is 0 Å². The van der Waals surface area contributed by atoms with Crippen molar-refractivity contribution in [2.75, 3.05) is 19.0 Å². The van der Waals surface area contributed by atoms with Crippen LogP contribution in [0.5, 0.6) is 0 Å². The fourth-order valence-electron chi connectivity index (χ4n) is 3.72. The Hall–Kier alpha value is -2.68. The Kier molecular flexibility index (Phi) is 7.38. The molecule has 0 aliphatic carbocycles. The highest BCUT2D eigenvalue weighted by Gasteiger charge is 2.18. The molecule has 0 saturated carbocycles. The van der Waals surface area contributed by atoms with Gasteiger partial charge in [0.1, 0.15) is 5.58 Å². The van der Waals surface area contributed by atoms with Crippen molar-refractivity contribution in [1.82, 2.24) is 4.72 Å². The molecule has 2 aromatic carbocycles. The smallest absolute Gasteiger partial charge is 0.240 e. The Morgan fingerprint density at radius 3 is 2.44 bits per heavy atom. The van der Waals surface area contributed by atoms with Gasteiger partial charge in [0, 0.05) is 29.8 Å². The van der Waals surface area contributed by atoms with E-state index in [2.05, 4.69) is 36.9 Å². The van der Waals surface area contributed by atoms with Gasteiger partial charge in [0.15, 0.2) is 0 Å². The van der Waals surface area contributed by atoms with E-state index in [1.165, 1.54) is 30.4 Å². The van der Waals surface area contributed by atoms with E-state index in [4.69, 9.17) is 9.15 Å². The lowest BCUT2D eigenvalue weighted by molar-refractivity contribution is -0.115. The van der Waals surface area contributed by atoms with Crippen molar-refractivity contribution in [3.63, 3.8) is 0 Å². The van der Waals surface area contributed by atoms with E-state index in [9.17, 15) is 13.2 Å². The molecule has 0 spiro atoms. The van der Waals surface area contributed by atoms with Gasteiger partial charge < -0.3 is 14.5 Å². The largest absolute Gasteiger partial charge is 0.464 e. The first-order valence-corrected chi connectivity index (χ1v) is 12.0. The monoisotopic (exact) mass is 458 g/mol. The molecule has 1 unspecified atom stereocenters. The van der Waals surface area contributed by atoms with Crippen molar-refractivity contribution < 1.29 is 22.4 Å². The summed E-state index contributed by atoms with van der Waals surface area (Å²) in [5.74, 6) is 0.166. The molecule has 0 radical (unpaired) electrons. The van der Waals surface area contributed by atoms with Gasteiger partial charge in [0.05, 0.1) is 24.2 Å². The van der Waals surface area contributed by atoms with Crippen molar-refractivity contribution in [3.05, 3.63) is 59.4 Å². The van der Waals surface area contributed by atoms with Gasteiger partial charge in [-0.15, -0.1) is 0 Å². The average Bonchev–Trinajstić information content (AvgIpc) is 3.08. The zero-order chi connectivity index (χ0) is 23.5. The van der Waals surface area contributed by atoms with Crippen LogP contribution in [0, 0.1) is 6.92 Å². The lowest BCUT2D eigenvalue weighted by Gasteiger charge is -2.13. The van der Waals surface area contributed by atoms with Gasteiger partial charge in [-0.05, 0) is 67.3 Å². The summed E-state index contributed by atoms with van der Waals surface area (Å²) in [7, 11) is -2.15. The van der Waals surface area contributed by atoms with Crippen LogP contribution >= 0.6 is 0 Å². The molecule has 7 nitrogen and oxygen atoms in total. The van der Waals surface area contributed by atoms with Crippen molar-refractivity contribution in [2.45, 2.75) is 51.0 Å². The van der Waals surface area contributed by atoms with Gasteiger partial charge in [0.2, 0.25) is 15.9 Å². The van der Waals surface area contributed by atoms with Crippen LogP contribution in [0.2, 0.25) is 0 Å². The number of anilines is 1. The third-order valence-corrected chi connectivity index (χ3v) is 6.84. The van der Waals surface area contributed by atoms with Crippen LogP contribution in [-0.2, 0) is 26.0 Å². The zero-order valence-electron chi connectivity index (χ0n) is 19.1. The van der Waals surface area contributed by atoms with E-state index < -0.39 is 10.0 Å². The van der Waals surface area contributed by atoms with Crippen LogP contribution in [-0.4, -0.2) is 34.1 Å². The maximum atomic E-state index is 12.6. The highest BCUT2D eigenvalue weighted by molar-refractivity contribution is 7.89. The maximum absolute atomic E-state index is 12.6. The number of methoxy groups -OCH3 is 1. The molecule has 1 aromatic heterocycles. The minimum atomic E-state index is -3.66. The Labute approximate surface area is 189 Å². The van der Waals surface area contributed by atoms with E-state index in [1.807, 2.05) is 6.07 Å². The number of nitrogens with one attached hydrogen (secondary N) is 2. The van der Waals surface area contributed by atoms with E-state index in [1.54, 1.807) is 25.3 Å². The molecule has 3 aromatic rings. The summed E-state index contributed by atoms with van der Waals surface area (Å²) in [4.78, 5) is 12.7. The minimum Gasteiger partial charge on any atom is -0.464 e. The Morgan fingerprint density at radius 1 is 1.12 bits per heavy atom. The summed E-state index contributed by atoms with van der Waals surface area (Å²) < 4.78 is 38.0. The molecule has 3 rings (SSSR count). The maximum Gasteiger partial charge on any atom is 0.240 e. The topological polar surface area (TPSA) is 97.6 Å². The van der Waals surface area contributed by atoms with E-state index in [-0.39, 0.29) is 29.9 Å². The SMILES string of the molecule is COCC(C)NS(=O)(=O)c1ccc(NC(=O)Cc2coc3cc(C)c(C(C)C)cc23)cc1. The third kappa shape index (κ3) is 5.56. The molecule has 1 atom stereocenters. The second-order valence-electron chi connectivity index (χ2n) is 8.35. The molecule has 1 amide bonds. The summed E-state index contributed by atoms with van der Waals surface area (Å²) in [6.07, 6.45) is 1.78. The van der Waals surface area contributed by atoms with E-state index in [0.717, 1.165) is 16.5 Å². The Bertz CT molecular complexity index is 1200. The summed E-state index contributed by atoms with van der Waals surface area (Å²) in [6.45, 7) is 8.33. The minimum absolute atomic E-state index is 0.121. The predicted octanol–water partition coefficient (Wildman–Crippen LogP) is 4.36. The van der Waals surface area contributed by atoms with Crippen molar-refractivity contribution in [3.8, 4) is 0 Å². The van der Waals surface area contributed by atoms with Crippen LogP contribution in [0.4, 0.5) is 5.69 Å². The second-order valence-corrected chi connectivity index (χ2v) is 10.1. The summed E-state index contributed by atoms with van der Waals surface area (Å²) in [5, 5.41) is 3.75. The number of furan rings is 1. The van der Waals surface area contributed by atoms with Gasteiger partial charge in [0.25, 0.3) is 0 Å². The zero-order valence-corrected chi connectivity index (χ0v) is 19.9. The van der Waals surface area contributed by atoms with Crippen molar-refractivity contribution >= 4 is 32.6 Å². The quantitative estimate of drug-likeness (QED) is 0.497. The standard InChI is InChI=1S/C24H30N2O5S/c1-15(2)21-12-22-18(14-31-23(22)10-16(21)3)11-24(27)25-19-6-8-20(9-7-19)32(28,29)26-17(4)13-30-5/h6-10,12,14-15,17,26H,11,13H2,1-5H3,(H,25,27). The molecule has 8 heteroatoms. The molecule has 2 N–H and O–H groups in total. The average molecular weight is 459 g/mol. The van der Waals surface area contributed by atoms with Crippen molar-refractivity contribution in [1.29, 1.82) is 0 Å². The lowest BCUT2D eigenvalue weighted by atomic mass is 9.95. The molecule has 1 heterocycles. The van der Waals surface area contributed by atoms with Crippen LogP contribution < -0.4 is 10.0 Å². The second kappa shape index (κ2) is 9.85. The fraction of sp³-hybridized carbons (Fsp3) is 0.375. The number of carbonyl (C=O) groups is 1. The predicted molar refractivity (Wildman–Crippen MR) is 125 cm³/mol. The molecule has 0 aliphatic rings. The van der Waals surface area contributed by atoms with Crippen LogP contribution in [0.25, 0.3) is 11.0 Å². The Morgan fingerprint density at radius 2 is 1.81 bits per heavy atom. The first-order chi connectivity index (χ1) is 15.1. The van der Waals surface area contributed by atoms with Crippen LogP contribution in [0.3, 0.4) is 0 Å². The number of amides is 1. The number of rotatable bonds is 9. The molecule has 0 fully saturated rings. The highest BCUT2D eigenvalue weighted by atomic mass is 32.2. The number of ether oxygens (including phenoxy) is 1. The number of sulfonamides is 1. The number of fused-ring (bicyclic) bond motifs is 1. The number of aryl methyl sites for hydroxylation is 1. The third-order valence-electron chi connectivity index (χ3n) is 5.24. The van der Waals surface area contributed by atoms with Gasteiger partial charge >= 0.3 is 0 Å². The number of benzene rings is 2. The summed E-state index contributed by atoms with van der Waals surface area (Å²) in [6, 6.07) is 9.81. The van der Waals surface area contributed by atoms with Crippen LogP contribution in [0.1, 0.15) is 43.4 Å². The molecule has 172 valence electrons. The van der Waals surface area contributed by atoms with Crippen molar-refractivity contribution in [2.24, 2.45) is 0 Å². The van der Waals surface area contributed by atoms with Gasteiger partial charge in [-0.1, -0.05) is 13.8 Å². The summed E-state index contributed by atoms with van der Waals surface area (Å²) in [5.41, 5.74) is 4.49. The van der Waals surface area contributed by atoms with E-state index in [0.29, 0.717) is 11.6 Å². The molecule has 0 bridgehead atoms. The first kappa shape index (κ1) is 24.0. The first-order valence-electron chi connectivity index (χ1n) is 10.5. The van der Waals surface area contributed by atoms with Gasteiger partial charge in [-0.25, -0.2) is 13.1 Å². The molecular formula is C24H30N2O5S. The van der Waals surface area contributed by atoms with E-state index >= 15 is 0 Å². The normalized spacial score (nSPS) is 12.9. The number of hydrogen-bond donors (Lipinski definition) is 2. The molecule has 32 heavy (non-hydrogen) atoms. The fourth-order valence-corrected chi connectivity index (χ4v) is 4.94. The van der Waals surface area contributed by atoms with Crippen LogP contribution in [0.15, 0.2) is 52.0 Å². The molecular weight excluding hydrogens is 428 g/mol. The Balaban J connectivity index is 1.70.